The van der Waals surface area contributed by atoms with Crippen molar-refractivity contribution < 1.29 is 13.2 Å². The van der Waals surface area contributed by atoms with Crippen molar-refractivity contribution in [3.63, 3.8) is 0 Å². The fourth-order valence-corrected chi connectivity index (χ4v) is 1.80. The molecular weight excluding hydrogens is 265 g/mol. The van der Waals surface area contributed by atoms with Crippen molar-refractivity contribution in [2.45, 2.75) is 18.6 Å². The van der Waals surface area contributed by atoms with E-state index in [0.29, 0.717) is 16.5 Å². The third-order valence-electron chi connectivity index (χ3n) is 2.53. The molecule has 0 aliphatic rings. The van der Waals surface area contributed by atoms with Crippen LogP contribution in [0.1, 0.15) is 18.0 Å². The standard InChI is InChI=1S/C12H11F3N2.ClH/c13-12(14,15)7-10(16)8-5-6-17-11-4-2-1-3-9(8)11;/h1-6,10H,7,16H2;1H/t10-;/m0./s1. The molecule has 1 aromatic carbocycles. The number of hydrogen-bond acceptors (Lipinski definition) is 2. The van der Waals surface area contributed by atoms with Gasteiger partial charge in [-0.25, -0.2) is 0 Å². The summed E-state index contributed by atoms with van der Waals surface area (Å²) in [6, 6.07) is 7.51. The third-order valence-corrected chi connectivity index (χ3v) is 2.53. The van der Waals surface area contributed by atoms with Crippen LogP contribution in [0.2, 0.25) is 0 Å². The summed E-state index contributed by atoms with van der Waals surface area (Å²) in [4.78, 5) is 4.08. The minimum Gasteiger partial charge on any atom is -0.324 e. The van der Waals surface area contributed by atoms with Gasteiger partial charge in [-0.15, -0.1) is 12.4 Å². The number of aromatic nitrogens is 1. The van der Waals surface area contributed by atoms with Crippen molar-refractivity contribution in [1.29, 1.82) is 0 Å². The molecular formula is C12H12ClF3N2. The van der Waals surface area contributed by atoms with Crippen molar-refractivity contribution in [1.82, 2.24) is 4.98 Å². The quantitative estimate of drug-likeness (QED) is 0.910. The predicted octanol–water partition coefficient (Wildman–Crippen LogP) is 3.61. The van der Waals surface area contributed by atoms with Gasteiger partial charge in [-0.2, -0.15) is 13.2 Å². The average Bonchev–Trinajstić information content (AvgIpc) is 2.26. The normalized spacial score (nSPS) is 13.1. The van der Waals surface area contributed by atoms with Crippen LogP contribution in [0.15, 0.2) is 36.5 Å². The molecule has 0 bridgehead atoms. The fourth-order valence-electron chi connectivity index (χ4n) is 1.80. The number of rotatable bonds is 2. The second-order valence-corrected chi connectivity index (χ2v) is 3.84. The van der Waals surface area contributed by atoms with E-state index in [0.717, 1.165) is 0 Å². The van der Waals surface area contributed by atoms with Crippen LogP contribution in [0.4, 0.5) is 13.2 Å². The van der Waals surface area contributed by atoms with Crippen LogP contribution in [-0.4, -0.2) is 11.2 Å². The largest absolute Gasteiger partial charge is 0.390 e. The lowest BCUT2D eigenvalue weighted by Crippen LogP contribution is -2.20. The van der Waals surface area contributed by atoms with Gasteiger partial charge in [0, 0.05) is 17.6 Å². The maximum absolute atomic E-state index is 12.3. The number of nitrogens with zero attached hydrogens (tertiary/aromatic N) is 1. The van der Waals surface area contributed by atoms with Crippen molar-refractivity contribution in [2.24, 2.45) is 5.73 Å². The molecule has 18 heavy (non-hydrogen) atoms. The molecule has 0 unspecified atom stereocenters. The lowest BCUT2D eigenvalue weighted by atomic mass is 10.0. The van der Waals surface area contributed by atoms with Gasteiger partial charge in [0.2, 0.25) is 0 Å². The molecule has 0 amide bonds. The van der Waals surface area contributed by atoms with Crippen LogP contribution in [-0.2, 0) is 0 Å². The number of hydrogen-bond donors (Lipinski definition) is 1. The molecule has 0 saturated heterocycles. The van der Waals surface area contributed by atoms with Crippen LogP contribution < -0.4 is 5.73 Å². The highest BCUT2D eigenvalue weighted by Crippen LogP contribution is 2.30. The van der Waals surface area contributed by atoms with Crippen molar-refractivity contribution in [3.05, 3.63) is 42.1 Å². The lowest BCUT2D eigenvalue weighted by Gasteiger charge is -2.16. The molecule has 0 radical (unpaired) electrons. The summed E-state index contributed by atoms with van der Waals surface area (Å²) in [5, 5.41) is 0.673. The Morgan fingerprint density at radius 3 is 2.50 bits per heavy atom. The zero-order valence-electron chi connectivity index (χ0n) is 9.32. The van der Waals surface area contributed by atoms with Gasteiger partial charge in [-0.3, -0.25) is 4.98 Å². The molecule has 2 rings (SSSR count). The molecule has 0 aliphatic carbocycles. The Bertz CT molecular complexity index is 523. The first-order valence-electron chi connectivity index (χ1n) is 5.13. The molecule has 6 heteroatoms. The monoisotopic (exact) mass is 276 g/mol. The van der Waals surface area contributed by atoms with E-state index in [1.165, 1.54) is 6.20 Å². The van der Waals surface area contributed by atoms with Gasteiger partial charge in [0.05, 0.1) is 11.9 Å². The molecule has 98 valence electrons. The van der Waals surface area contributed by atoms with E-state index in [1.54, 1.807) is 30.3 Å². The van der Waals surface area contributed by atoms with E-state index in [-0.39, 0.29) is 12.4 Å². The van der Waals surface area contributed by atoms with E-state index >= 15 is 0 Å². The third kappa shape index (κ3) is 3.34. The van der Waals surface area contributed by atoms with Gasteiger partial charge in [0.1, 0.15) is 0 Å². The Hall–Kier alpha value is -1.33. The summed E-state index contributed by atoms with van der Waals surface area (Å²) in [5.74, 6) is 0. The molecule has 2 nitrogen and oxygen atoms in total. The summed E-state index contributed by atoms with van der Waals surface area (Å²) in [7, 11) is 0. The Kier molecular flexibility index (Phi) is 4.53. The highest BCUT2D eigenvalue weighted by Gasteiger charge is 2.31. The van der Waals surface area contributed by atoms with Gasteiger partial charge in [-0.05, 0) is 17.7 Å². The van der Waals surface area contributed by atoms with Crippen molar-refractivity contribution in [3.8, 4) is 0 Å². The van der Waals surface area contributed by atoms with Crippen LogP contribution >= 0.6 is 12.4 Å². The Morgan fingerprint density at radius 2 is 1.83 bits per heavy atom. The first kappa shape index (κ1) is 14.7. The van der Waals surface area contributed by atoms with Crippen molar-refractivity contribution in [2.75, 3.05) is 0 Å². The molecule has 0 fully saturated rings. The van der Waals surface area contributed by atoms with Crippen LogP contribution in [0.5, 0.6) is 0 Å². The molecule has 2 aromatic rings. The number of benzene rings is 1. The fraction of sp³-hybridized carbons (Fsp3) is 0.250. The van der Waals surface area contributed by atoms with Gasteiger partial charge < -0.3 is 5.73 Å². The summed E-state index contributed by atoms with van der Waals surface area (Å²) in [6.45, 7) is 0. The minimum absolute atomic E-state index is 0. The number of para-hydroxylation sites is 1. The van der Waals surface area contributed by atoms with Crippen LogP contribution in [0.25, 0.3) is 10.9 Å². The molecule has 2 N–H and O–H groups in total. The predicted molar refractivity (Wildman–Crippen MR) is 66.6 cm³/mol. The number of nitrogens with two attached hydrogens (primary N) is 1. The van der Waals surface area contributed by atoms with Gasteiger partial charge in [0.15, 0.2) is 0 Å². The highest BCUT2D eigenvalue weighted by molar-refractivity contribution is 5.85. The SMILES string of the molecule is Cl.N[C@@H](CC(F)(F)F)c1ccnc2ccccc12. The minimum atomic E-state index is -4.26. The second-order valence-electron chi connectivity index (χ2n) is 3.84. The van der Waals surface area contributed by atoms with Crippen LogP contribution in [0, 0.1) is 0 Å². The smallest absolute Gasteiger partial charge is 0.324 e. The van der Waals surface area contributed by atoms with E-state index in [9.17, 15) is 13.2 Å². The van der Waals surface area contributed by atoms with E-state index in [2.05, 4.69) is 4.98 Å². The van der Waals surface area contributed by atoms with Gasteiger partial charge in [0.25, 0.3) is 0 Å². The molecule has 0 saturated carbocycles. The lowest BCUT2D eigenvalue weighted by molar-refractivity contribution is -0.138. The first-order chi connectivity index (χ1) is 7.97. The Labute approximate surface area is 108 Å². The maximum Gasteiger partial charge on any atom is 0.390 e. The maximum atomic E-state index is 12.3. The Balaban J connectivity index is 0.00000162. The first-order valence-corrected chi connectivity index (χ1v) is 5.13. The number of halogens is 4. The molecule has 0 spiro atoms. The summed E-state index contributed by atoms with van der Waals surface area (Å²) < 4.78 is 36.9. The molecule has 1 atom stereocenters. The van der Waals surface area contributed by atoms with E-state index < -0.39 is 18.6 Å². The highest BCUT2D eigenvalue weighted by atomic mass is 35.5. The van der Waals surface area contributed by atoms with Crippen molar-refractivity contribution >= 4 is 23.3 Å². The van der Waals surface area contributed by atoms with E-state index in [4.69, 9.17) is 5.73 Å². The molecule has 1 heterocycles. The van der Waals surface area contributed by atoms with Crippen LogP contribution in [0.3, 0.4) is 0 Å². The summed E-state index contributed by atoms with van der Waals surface area (Å²) in [6.07, 6.45) is -3.81. The molecule has 0 aliphatic heterocycles. The second kappa shape index (κ2) is 5.54. The number of fused-ring (bicyclic) bond motifs is 1. The summed E-state index contributed by atoms with van der Waals surface area (Å²) >= 11 is 0. The zero-order valence-corrected chi connectivity index (χ0v) is 10.1. The number of pyridine rings is 1. The van der Waals surface area contributed by atoms with E-state index in [1.807, 2.05) is 0 Å². The average molecular weight is 277 g/mol. The van der Waals surface area contributed by atoms with Gasteiger partial charge >= 0.3 is 6.18 Å². The number of alkyl halides is 3. The van der Waals surface area contributed by atoms with Gasteiger partial charge in [-0.1, -0.05) is 18.2 Å². The Morgan fingerprint density at radius 1 is 1.17 bits per heavy atom. The topological polar surface area (TPSA) is 38.9 Å². The summed E-state index contributed by atoms with van der Waals surface area (Å²) in [5.41, 5.74) is 6.73. The molecule has 1 aromatic heterocycles. The zero-order chi connectivity index (χ0) is 12.5.